The molecule has 0 N–H and O–H groups in total. The van der Waals surface area contributed by atoms with E-state index >= 15 is 0 Å². The fourth-order valence-corrected chi connectivity index (χ4v) is 2.13. The third kappa shape index (κ3) is 7.78. The standard InChI is InChI=1S/C16H27N2.BrH.Ni/c1-5-17(6-2)13-15-10-9-11-16(12-15)14-18(7-3)8-4;;/h9-11H,5-8,13-14H2,1-4H3;1H;/q-1;;+1/p-1. The van der Waals surface area contributed by atoms with Crippen molar-refractivity contribution in [1.82, 2.24) is 9.80 Å². The van der Waals surface area contributed by atoms with Crippen molar-refractivity contribution in [2.24, 2.45) is 0 Å². The average Bonchev–Trinajstić information content (AvgIpc) is 2.52. The summed E-state index contributed by atoms with van der Waals surface area (Å²) in [5.74, 6) is 0. The van der Waals surface area contributed by atoms with E-state index in [1.807, 2.05) is 0 Å². The maximum atomic E-state index is 3.69. The van der Waals surface area contributed by atoms with Crippen LogP contribution in [0.15, 0.2) is 18.2 Å². The first-order valence-electron chi connectivity index (χ1n) is 7.30. The molecule has 0 fully saturated rings. The molecular weight excluding hydrogens is 359 g/mol. The second kappa shape index (κ2) is 12.8. The van der Waals surface area contributed by atoms with E-state index in [2.05, 4.69) is 89.7 Å². The molecule has 0 aromatic heterocycles. The number of hydrogen-bond donors (Lipinski definition) is 0. The fourth-order valence-electron chi connectivity index (χ4n) is 2.13. The van der Waals surface area contributed by atoms with Crippen molar-refractivity contribution < 1.29 is 13.7 Å². The fraction of sp³-hybridized carbons (Fsp3) is 0.625. The molecule has 1 aromatic rings. The van der Waals surface area contributed by atoms with E-state index in [9.17, 15) is 0 Å². The Morgan fingerprint density at radius 2 is 1.20 bits per heavy atom. The van der Waals surface area contributed by atoms with Gasteiger partial charge in [0, 0.05) is 13.1 Å². The van der Waals surface area contributed by atoms with Gasteiger partial charge in [-0.3, -0.25) is 0 Å². The van der Waals surface area contributed by atoms with Crippen LogP contribution in [0.4, 0.5) is 0 Å². The van der Waals surface area contributed by atoms with Gasteiger partial charge in [-0.15, -0.1) is 11.1 Å². The van der Waals surface area contributed by atoms with E-state index in [-0.39, 0.29) is 0 Å². The first kappa shape index (κ1) is 20.1. The third-order valence-electron chi connectivity index (χ3n) is 3.49. The van der Waals surface area contributed by atoms with Gasteiger partial charge in [0.25, 0.3) is 0 Å². The molecule has 0 bridgehead atoms. The van der Waals surface area contributed by atoms with Gasteiger partial charge in [-0.25, -0.2) is 0 Å². The molecule has 0 aliphatic rings. The Bertz CT molecular complexity index is 310. The van der Waals surface area contributed by atoms with Gasteiger partial charge in [-0.05, 0) is 26.2 Å². The van der Waals surface area contributed by atoms with Crippen molar-refractivity contribution in [3.8, 4) is 0 Å². The summed E-state index contributed by atoms with van der Waals surface area (Å²) < 4.78 is 0. The van der Waals surface area contributed by atoms with E-state index in [0.29, 0.717) is 0 Å². The van der Waals surface area contributed by atoms with Crippen LogP contribution in [0.1, 0.15) is 38.8 Å². The summed E-state index contributed by atoms with van der Waals surface area (Å²) in [5.41, 5.74) is 2.62. The summed E-state index contributed by atoms with van der Waals surface area (Å²) >= 11 is 6.25. The van der Waals surface area contributed by atoms with E-state index in [1.165, 1.54) is 11.1 Å². The van der Waals surface area contributed by atoms with Gasteiger partial charge in [-0.1, -0.05) is 27.7 Å². The first-order chi connectivity index (χ1) is 9.73. The molecule has 1 rings (SSSR count). The van der Waals surface area contributed by atoms with E-state index in [0.717, 1.165) is 39.3 Å². The van der Waals surface area contributed by atoms with Crippen LogP contribution in [0.5, 0.6) is 0 Å². The van der Waals surface area contributed by atoms with Crippen molar-refractivity contribution >= 4 is 14.2 Å². The summed E-state index contributed by atoms with van der Waals surface area (Å²) in [6.07, 6.45) is 0. The molecule has 0 radical (unpaired) electrons. The average molecular weight is 386 g/mol. The molecule has 4 heteroatoms. The minimum absolute atomic E-state index is 1.01. The monoisotopic (exact) mass is 384 g/mol. The van der Waals surface area contributed by atoms with Crippen LogP contribution in [0, 0.1) is 6.07 Å². The molecule has 0 saturated heterocycles. The van der Waals surface area contributed by atoms with Gasteiger partial charge in [0.1, 0.15) is 0 Å². The summed E-state index contributed by atoms with van der Waals surface area (Å²) in [7, 11) is 0. The Labute approximate surface area is 140 Å². The van der Waals surface area contributed by atoms with E-state index < -0.39 is 0 Å². The van der Waals surface area contributed by atoms with Crippen molar-refractivity contribution in [3.05, 3.63) is 35.4 Å². The minimum atomic E-state index is 1.01. The zero-order chi connectivity index (χ0) is 15.4. The first-order valence-corrected chi connectivity index (χ1v) is 9.74. The second-order valence-electron chi connectivity index (χ2n) is 4.62. The van der Waals surface area contributed by atoms with Crippen molar-refractivity contribution in [1.29, 1.82) is 0 Å². The molecule has 0 atom stereocenters. The number of nitrogens with zero attached hydrogens (tertiary/aromatic N) is 2. The van der Waals surface area contributed by atoms with Gasteiger partial charge < -0.3 is 9.80 Å². The van der Waals surface area contributed by atoms with Gasteiger partial charge >= 0.3 is 27.9 Å². The molecule has 20 heavy (non-hydrogen) atoms. The maximum absolute atomic E-state index is 3.69. The Morgan fingerprint density at radius 1 is 0.850 bits per heavy atom. The summed E-state index contributed by atoms with van der Waals surface area (Å²) in [4.78, 5) is 4.85. The number of rotatable bonds is 8. The summed E-state index contributed by atoms with van der Waals surface area (Å²) in [6.45, 7) is 15.3. The zero-order valence-electron chi connectivity index (χ0n) is 13.1. The number of benzene rings is 1. The molecule has 0 saturated carbocycles. The van der Waals surface area contributed by atoms with Gasteiger partial charge in [0.05, 0.1) is 0 Å². The topological polar surface area (TPSA) is 6.48 Å². The summed E-state index contributed by atoms with van der Waals surface area (Å²) in [5, 5.41) is 0. The SMILES string of the molecule is CCN(CC)Cc1[c-]c(CN(CC)CC)ccc1.[Ni][Br]. The Morgan fingerprint density at radius 3 is 1.50 bits per heavy atom. The van der Waals surface area contributed by atoms with Crippen LogP contribution in [-0.2, 0) is 26.8 Å². The Balaban J connectivity index is 0.00000172. The van der Waals surface area contributed by atoms with Crippen LogP contribution >= 0.6 is 14.2 Å². The molecule has 0 amide bonds. The van der Waals surface area contributed by atoms with Gasteiger partial charge in [0.15, 0.2) is 0 Å². The molecular formula is C16H27BrN2Ni-. The van der Waals surface area contributed by atoms with Crippen LogP contribution < -0.4 is 0 Å². The quantitative estimate of drug-likeness (QED) is 0.492. The molecule has 1 aromatic carbocycles. The van der Waals surface area contributed by atoms with E-state index in [4.69, 9.17) is 0 Å². The number of halogens is 1. The molecule has 0 unspecified atom stereocenters. The third-order valence-corrected chi connectivity index (χ3v) is 3.49. The Hall–Kier alpha value is 0.114. The second-order valence-corrected chi connectivity index (χ2v) is 4.62. The normalized spacial score (nSPS) is 10.7. The van der Waals surface area contributed by atoms with Crippen LogP contribution in [0.3, 0.4) is 0 Å². The molecule has 0 aliphatic carbocycles. The van der Waals surface area contributed by atoms with Crippen molar-refractivity contribution in [3.63, 3.8) is 0 Å². The molecule has 119 valence electrons. The number of hydrogen-bond acceptors (Lipinski definition) is 2. The van der Waals surface area contributed by atoms with Gasteiger partial charge in [0.2, 0.25) is 0 Å². The summed E-state index contributed by atoms with van der Waals surface area (Å²) in [6, 6.07) is 10.1. The molecule has 0 heterocycles. The molecule has 0 spiro atoms. The van der Waals surface area contributed by atoms with Crippen molar-refractivity contribution in [2.45, 2.75) is 40.8 Å². The molecule has 2 nitrogen and oxygen atoms in total. The zero-order valence-corrected chi connectivity index (χ0v) is 15.6. The van der Waals surface area contributed by atoms with Crippen LogP contribution in [0.2, 0.25) is 0 Å². The van der Waals surface area contributed by atoms with Crippen LogP contribution in [-0.4, -0.2) is 36.0 Å². The predicted molar refractivity (Wildman–Crippen MR) is 87.5 cm³/mol. The van der Waals surface area contributed by atoms with E-state index in [1.54, 1.807) is 0 Å². The predicted octanol–water partition coefficient (Wildman–Crippen LogP) is 4.01. The van der Waals surface area contributed by atoms with Gasteiger partial charge in [-0.2, -0.15) is 24.3 Å². The Kier molecular flexibility index (Phi) is 12.9. The van der Waals surface area contributed by atoms with Crippen LogP contribution in [0.25, 0.3) is 0 Å². The van der Waals surface area contributed by atoms with Crippen molar-refractivity contribution in [2.75, 3.05) is 26.2 Å². The molecule has 0 aliphatic heterocycles.